The number of hydrogen-bond donors (Lipinski definition) is 5. The van der Waals surface area contributed by atoms with E-state index in [1.165, 1.54) is 13.8 Å². The van der Waals surface area contributed by atoms with E-state index in [1.54, 1.807) is 61.5 Å². The van der Waals surface area contributed by atoms with E-state index in [2.05, 4.69) is 15.3 Å². The number of halogens is 3. The molecule has 0 radical (unpaired) electrons. The van der Waals surface area contributed by atoms with Crippen LogP contribution in [0, 0.1) is 16.7 Å². The van der Waals surface area contributed by atoms with Crippen molar-refractivity contribution in [3.63, 3.8) is 0 Å². The Kier molecular flexibility index (Phi) is 11.7. The number of aliphatic imine (C=N–C) groups is 1. The number of alkyl halides is 3. The Hall–Kier alpha value is -4.28. The van der Waals surface area contributed by atoms with Crippen molar-refractivity contribution in [3.8, 4) is 0 Å². The Morgan fingerprint density at radius 2 is 1.94 bits per heavy atom. The monoisotopic (exact) mass is 501 g/mol. The predicted octanol–water partition coefficient (Wildman–Crippen LogP) is 5.49. The minimum atomic E-state index is -3.99. The highest BCUT2D eigenvalue weighted by Gasteiger charge is 2.33. The second-order valence-corrected chi connectivity index (χ2v) is 7.47. The molecule has 11 heteroatoms. The second kappa shape index (κ2) is 14.2. The van der Waals surface area contributed by atoms with Crippen LogP contribution in [0.2, 0.25) is 0 Å². The summed E-state index contributed by atoms with van der Waals surface area (Å²) in [6, 6.07) is 10.2. The van der Waals surface area contributed by atoms with Crippen LogP contribution in [0.1, 0.15) is 38.4 Å². The molecule has 1 aromatic heterocycles. The highest BCUT2D eigenvalue weighted by molar-refractivity contribution is 6.16. The van der Waals surface area contributed by atoms with Gasteiger partial charge >= 0.3 is 6.18 Å². The Balaban J connectivity index is 0.000000697. The number of amidine groups is 1. The van der Waals surface area contributed by atoms with Crippen LogP contribution in [0.3, 0.4) is 0 Å². The van der Waals surface area contributed by atoms with Crippen molar-refractivity contribution >= 4 is 47.4 Å². The maximum Gasteiger partial charge on any atom is 0.391 e. The first-order chi connectivity index (χ1) is 16.9. The van der Waals surface area contributed by atoms with Crippen molar-refractivity contribution in [3.05, 3.63) is 65.4 Å². The normalized spacial score (nSPS) is 12.9. The molecule has 1 unspecified atom stereocenters. The zero-order chi connectivity index (χ0) is 27.3. The summed E-state index contributed by atoms with van der Waals surface area (Å²) < 4.78 is 34.3. The van der Waals surface area contributed by atoms with Gasteiger partial charge in [0, 0.05) is 23.7 Å². The van der Waals surface area contributed by atoms with E-state index in [1.807, 2.05) is 0 Å². The Labute approximate surface area is 208 Å². The summed E-state index contributed by atoms with van der Waals surface area (Å²) in [5, 5.41) is 17.2. The lowest BCUT2D eigenvalue weighted by molar-refractivity contribution is -0.170. The van der Waals surface area contributed by atoms with Crippen LogP contribution in [0.4, 0.5) is 30.4 Å². The van der Waals surface area contributed by atoms with Crippen molar-refractivity contribution in [1.29, 1.82) is 10.8 Å². The molecule has 1 atom stereocenters. The van der Waals surface area contributed by atoms with Crippen molar-refractivity contribution in [1.82, 2.24) is 4.98 Å². The molecule has 0 spiro atoms. The molecule has 2 rings (SSSR count). The fourth-order valence-electron chi connectivity index (χ4n) is 2.43. The summed E-state index contributed by atoms with van der Waals surface area (Å²) in [6.07, 6.45) is 3.11. The quantitative estimate of drug-likeness (QED) is 0.140. The third kappa shape index (κ3) is 9.92. The van der Waals surface area contributed by atoms with Gasteiger partial charge in [-0.1, -0.05) is 26.0 Å². The minimum Gasteiger partial charge on any atom is -0.398 e. The number of rotatable bonds is 8. The number of benzene rings is 1. The maximum atomic E-state index is 12.0. The van der Waals surface area contributed by atoms with Gasteiger partial charge in [-0.2, -0.15) is 13.2 Å². The first kappa shape index (κ1) is 29.8. The standard InChI is InChI=1S/C20H21N7O.C5H9F3/c1-2-13(11-21)20(28)27-19-5-3-4-15(26-19)7-9-18(24)25-16-6-8-17(23)14(10-16)12-22;1-3-4(2)5(6,7)8/h2-12,21-22H,23H2,1H3,(H2,24,25)(H,26,27,28);4H,3H2,1-2H3/b9-7+,13-2+,21-11?,22-12?;. The van der Waals surface area contributed by atoms with Gasteiger partial charge in [0.25, 0.3) is 5.91 Å². The van der Waals surface area contributed by atoms with Crippen LogP contribution in [0.15, 0.2) is 59.1 Å². The van der Waals surface area contributed by atoms with Gasteiger partial charge in [0.1, 0.15) is 11.7 Å². The molecule has 0 saturated carbocycles. The lowest BCUT2D eigenvalue weighted by atomic mass is 10.1. The van der Waals surface area contributed by atoms with Gasteiger partial charge in [-0.3, -0.25) is 4.79 Å². The molecule has 8 nitrogen and oxygen atoms in total. The summed E-state index contributed by atoms with van der Waals surface area (Å²) in [5.74, 6) is -0.949. The van der Waals surface area contributed by atoms with Crippen molar-refractivity contribution < 1.29 is 18.0 Å². The summed E-state index contributed by atoms with van der Waals surface area (Å²) in [7, 11) is 0. The molecule has 0 aliphatic heterocycles. The van der Waals surface area contributed by atoms with Crippen molar-refractivity contribution in [2.75, 3.05) is 11.1 Å². The van der Waals surface area contributed by atoms with Crippen LogP contribution in [0.5, 0.6) is 0 Å². The predicted molar refractivity (Wildman–Crippen MR) is 140 cm³/mol. The molecule has 7 N–H and O–H groups in total. The first-order valence-electron chi connectivity index (χ1n) is 10.9. The third-order valence-electron chi connectivity index (χ3n) is 4.82. The second-order valence-electron chi connectivity index (χ2n) is 7.47. The van der Waals surface area contributed by atoms with Crippen LogP contribution < -0.4 is 16.8 Å². The zero-order valence-corrected chi connectivity index (χ0v) is 20.2. The van der Waals surface area contributed by atoms with Crippen LogP contribution >= 0.6 is 0 Å². The number of nitrogens with one attached hydrogen (secondary N) is 3. The molecule has 0 fully saturated rings. The van der Waals surface area contributed by atoms with Crippen molar-refractivity contribution in [2.24, 2.45) is 16.6 Å². The van der Waals surface area contributed by atoms with Gasteiger partial charge in [0.15, 0.2) is 0 Å². The molecule has 0 saturated heterocycles. The molecule has 1 aromatic carbocycles. The van der Waals surface area contributed by atoms with Crippen LogP contribution in [0.25, 0.3) is 6.08 Å². The minimum absolute atomic E-state index is 0.170. The molecule has 1 heterocycles. The van der Waals surface area contributed by atoms with Crippen LogP contribution in [-0.4, -0.2) is 35.3 Å². The molecule has 2 aromatic rings. The van der Waals surface area contributed by atoms with E-state index in [-0.39, 0.29) is 17.8 Å². The molecule has 1 amide bonds. The molecule has 192 valence electrons. The summed E-state index contributed by atoms with van der Waals surface area (Å²) in [4.78, 5) is 20.5. The topological polar surface area (TPSA) is 154 Å². The molecule has 36 heavy (non-hydrogen) atoms. The van der Waals surface area contributed by atoms with E-state index in [0.717, 1.165) is 12.4 Å². The van der Waals surface area contributed by atoms with E-state index in [9.17, 15) is 18.0 Å². The fourth-order valence-corrected chi connectivity index (χ4v) is 2.43. The van der Waals surface area contributed by atoms with Crippen LogP contribution in [-0.2, 0) is 4.79 Å². The maximum absolute atomic E-state index is 12.0. The SMILES string of the molecule is C/C=C(\C=N)C(=O)Nc1cccc(/C=C/C(N)=Nc2ccc(N)c(C=N)c2)n1.CCC(C)C(F)(F)F. The largest absolute Gasteiger partial charge is 0.398 e. The van der Waals surface area contributed by atoms with E-state index in [0.29, 0.717) is 28.5 Å². The number of hydrogen-bond acceptors (Lipinski definition) is 6. The molecule has 0 bridgehead atoms. The molecular formula is C25H30F3N7O. The number of amides is 1. The number of pyridine rings is 1. The lowest BCUT2D eigenvalue weighted by Crippen LogP contribution is -2.18. The summed E-state index contributed by atoms with van der Waals surface area (Å²) in [5.41, 5.74) is 14.1. The molecule has 0 aliphatic carbocycles. The average Bonchev–Trinajstić information content (AvgIpc) is 2.84. The number of carbonyl (C=O) groups excluding carboxylic acids is 1. The van der Waals surface area contributed by atoms with Gasteiger partial charge in [-0.05, 0) is 55.8 Å². The smallest absolute Gasteiger partial charge is 0.391 e. The highest BCUT2D eigenvalue weighted by atomic mass is 19.4. The number of anilines is 2. The van der Waals surface area contributed by atoms with Gasteiger partial charge in [-0.25, -0.2) is 9.98 Å². The van der Waals surface area contributed by atoms with E-state index < -0.39 is 18.0 Å². The first-order valence-corrected chi connectivity index (χ1v) is 10.9. The number of aromatic nitrogens is 1. The number of nitrogens with zero attached hydrogens (tertiary/aromatic N) is 2. The number of allylic oxidation sites excluding steroid dienone is 1. The van der Waals surface area contributed by atoms with Crippen molar-refractivity contribution in [2.45, 2.75) is 33.4 Å². The summed E-state index contributed by atoms with van der Waals surface area (Å²) >= 11 is 0. The Morgan fingerprint density at radius 3 is 2.47 bits per heavy atom. The van der Waals surface area contributed by atoms with E-state index >= 15 is 0 Å². The highest BCUT2D eigenvalue weighted by Crippen LogP contribution is 2.27. The molecule has 0 aliphatic rings. The number of nitrogen functional groups attached to an aromatic ring is 1. The summed E-state index contributed by atoms with van der Waals surface area (Å²) in [6.45, 7) is 4.39. The number of nitrogens with two attached hydrogens (primary N) is 2. The van der Waals surface area contributed by atoms with E-state index in [4.69, 9.17) is 22.3 Å². The fraction of sp³-hybridized carbons (Fsp3) is 0.240. The third-order valence-corrected chi connectivity index (χ3v) is 4.82. The lowest BCUT2D eigenvalue weighted by Gasteiger charge is -2.11. The van der Waals surface area contributed by atoms with Gasteiger partial charge in [0.2, 0.25) is 0 Å². The number of carbonyl (C=O) groups is 1. The zero-order valence-electron chi connectivity index (χ0n) is 20.2. The van der Waals surface area contributed by atoms with Gasteiger partial charge < -0.3 is 27.6 Å². The Morgan fingerprint density at radius 1 is 1.25 bits per heavy atom. The molecular weight excluding hydrogens is 471 g/mol. The Bertz CT molecular complexity index is 1150. The van der Waals surface area contributed by atoms with Gasteiger partial charge in [-0.15, -0.1) is 0 Å². The van der Waals surface area contributed by atoms with Gasteiger partial charge in [0.05, 0.1) is 22.9 Å². The average molecular weight is 502 g/mol.